The highest BCUT2D eigenvalue weighted by molar-refractivity contribution is 5.98. The molecule has 164 valence electrons. The van der Waals surface area contributed by atoms with Crippen molar-refractivity contribution >= 4 is 11.7 Å². The Labute approximate surface area is 177 Å². The molecule has 1 amide bonds. The average Bonchev–Trinajstić information content (AvgIpc) is 3.17. The van der Waals surface area contributed by atoms with Gasteiger partial charge >= 0.3 is 0 Å². The second-order valence-electron chi connectivity index (χ2n) is 9.15. The standard InChI is InChI=1S/C21H33N7O2/c1-21(2,3)18(16(29)11-22-4)25-20(30)17-15-13-26(5)8-7-9-28(15)19(24-17)14-10-23-27(6)12-14/h10,12,18,22H,7-9,11,13H2,1-6H3,(H,25,30). The quantitative estimate of drug-likeness (QED) is 0.732. The van der Waals surface area contributed by atoms with Crippen molar-refractivity contribution in [2.45, 2.75) is 46.3 Å². The molecule has 0 saturated carbocycles. The molecule has 2 N–H and O–H groups in total. The zero-order valence-corrected chi connectivity index (χ0v) is 18.8. The van der Waals surface area contributed by atoms with Crippen molar-refractivity contribution in [1.29, 1.82) is 0 Å². The van der Waals surface area contributed by atoms with Gasteiger partial charge in [-0.15, -0.1) is 0 Å². The van der Waals surface area contributed by atoms with E-state index in [9.17, 15) is 9.59 Å². The molecular weight excluding hydrogens is 382 g/mol. The summed E-state index contributed by atoms with van der Waals surface area (Å²) in [7, 11) is 5.63. The fourth-order valence-electron chi connectivity index (χ4n) is 3.92. The maximum absolute atomic E-state index is 13.4. The monoisotopic (exact) mass is 415 g/mol. The van der Waals surface area contributed by atoms with Gasteiger partial charge in [-0.25, -0.2) is 4.98 Å². The molecule has 0 spiro atoms. The van der Waals surface area contributed by atoms with E-state index in [1.807, 2.05) is 41.1 Å². The topological polar surface area (TPSA) is 97.1 Å². The van der Waals surface area contributed by atoms with E-state index >= 15 is 0 Å². The average molecular weight is 416 g/mol. The maximum Gasteiger partial charge on any atom is 0.272 e. The molecule has 3 heterocycles. The van der Waals surface area contributed by atoms with Gasteiger partial charge in [-0.3, -0.25) is 14.3 Å². The van der Waals surface area contributed by atoms with Crippen LogP contribution in [0.1, 0.15) is 43.4 Å². The lowest BCUT2D eigenvalue weighted by molar-refractivity contribution is -0.122. The number of Topliss-reactive ketones (excluding diaryl/α,β-unsaturated/α-hetero) is 1. The highest BCUT2D eigenvalue weighted by Crippen LogP contribution is 2.27. The van der Waals surface area contributed by atoms with Crippen LogP contribution >= 0.6 is 0 Å². The van der Waals surface area contributed by atoms with E-state index in [0.29, 0.717) is 12.2 Å². The lowest BCUT2D eigenvalue weighted by atomic mass is 9.84. The number of nitrogens with zero attached hydrogens (tertiary/aromatic N) is 5. The van der Waals surface area contributed by atoms with Crippen molar-refractivity contribution in [3.63, 3.8) is 0 Å². The third kappa shape index (κ3) is 4.62. The number of aryl methyl sites for hydroxylation is 1. The summed E-state index contributed by atoms with van der Waals surface area (Å²) in [6.45, 7) is 8.41. The Balaban J connectivity index is 2.01. The zero-order valence-electron chi connectivity index (χ0n) is 18.8. The number of carbonyl (C=O) groups is 2. The largest absolute Gasteiger partial charge is 0.340 e. The van der Waals surface area contributed by atoms with E-state index in [4.69, 9.17) is 4.98 Å². The molecule has 0 saturated heterocycles. The summed E-state index contributed by atoms with van der Waals surface area (Å²) in [6, 6.07) is -0.611. The Bertz CT molecular complexity index is 922. The lowest BCUT2D eigenvalue weighted by Gasteiger charge is -2.30. The van der Waals surface area contributed by atoms with Crippen LogP contribution in [-0.4, -0.2) is 69.1 Å². The number of imidazole rings is 1. The highest BCUT2D eigenvalue weighted by Gasteiger charge is 2.34. The van der Waals surface area contributed by atoms with Crippen molar-refractivity contribution in [3.05, 3.63) is 23.8 Å². The van der Waals surface area contributed by atoms with Crippen LogP contribution in [0.4, 0.5) is 0 Å². The van der Waals surface area contributed by atoms with E-state index in [1.54, 1.807) is 17.9 Å². The number of carbonyl (C=O) groups excluding carboxylic acids is 2. The number of fused-ring (bicyclic) bond motifs is 1. The number of amides is 1. The third-order valence-corrected chi connectivity index (χ3v) is 5.41. The maximum atomic E-state index is 13.4. The van der Waals surface area contributed by atoms with Gasteiger partial charge in [-0.05, 0) is 32.5 Å². The van der Waals surface area contributed by atoms with Crippen molar-refractivity contribution in [1.82, 2.24) is 34.9 Å². The summed E-state index contributed by atoms with van der Waals surface area (Å²) in [4.78, 5) is 32.9. The van der Waals surface area contributed by atoms with Crippen molar-refractivity contribution in [3.8, 4) is 11.4 Å². The normalized spacial score (nSPS) is 16.1. The smallest absolute Gasteiger partial charge is 0.272 e. The Hall–Kier alpha value is -2.52. The van der Waals surface area contributed by atoms with E-state index in [2.05, 4.69) is 25.2 Å². The molecule has 1 aliphatic heterocycles. The number of nitrogens with one attached hydrogen (secondary N) is 2. The Morgan fingerprint density at radius 1 is 1.23 bits per heavy atom. The van der Waals surface area contributed by atoms with Gasteiger partial charge in [0.05, 0.1) is 30.0 Å². The van der Waals surface area contributed by atoms with E-state index in [-0.39, 0.29) is 18.2 Å². The molecule has 0 aromatic carbocycles. The van der Waals surface area contributed by atoms with Gasteiger partial charge in [0.2, 0.25) is 0 Å². The second-order valence-corrected chi connectivity index (χ2v) is 9.15. The number of aromatic nitrogens is 4. The summed E-state index contributed by atoms with van der Waals surface area (Å²) in [6.07, 6.45) is 4.64. The zero-order chi connectivity index (χ0) is 22.1. The first kappa shape index (κ1) is 22.2. The van der Waals surface area contributed by atoms with Gasteiger partial charge in [-0.2, -0.15) is 5.10 Å². The second kappa shape index (κ2) is 8.69. The summed E-state index contributed by atoms with van der Waals surface area (Å²) < 4.78 is 3.85. The predicted molar refractivity (Wildman–Crippen MR) is 115 cm³/mol. The van der Waals surface area contributed by atoms with E-state index in [0.717, 1.165) is 36.6 Å². The summed E-state index contributed by atoms with van der Waals surface area (Å²) in [5.74, 6) is 0.384. The molecule has 1 unspecified atom stereocenters. The van der Waals surface area contributed by atoms with Crippen molar-refractivity contribution in [2.24, 2.45) is 12.5 Å². The Morgan fingerprint density at radius 3 is 2.57 bits per heavy atom. The first-order valence-corrected chi connectivity index (χ1v) is 10.4. The molecule has 0 aliphatic carbocycles. The molecule has 3 rings (SSSR count). The molecule has 2 aromatic heterocycles. The van der Waals surface area contributed by atoms with Crippen LogP contribution in [0.25, 0.3) is 11.4 Å². The third-order valence-electron chi connectivity index (χ3n) is 5.41. The molecule has 1 atom stereocenters. The van der Waals surface area contributed by atoms with Crippen LogP contribution in [0.15, 0.2) is 12.4 Å². The van der Waals surface area contributed by atoms with E-state index < -0.39 is 11.5 Å². The Morgan fingerprint density at radius 2 is 1.97 bits per heavy atom. The summed E-state index contributed by atoms with van der Waals surface area (Å²) in [5.41, 5.74) is 1.72. The number of likely N-dealkylation sites (N-methyl/N-ethyl adjacent to an activating group) is 1. The van der Waals surface area contributed by atoms with Gasteiger partial charge in [0.1, 0.15) is 5.82 Å². The predicted octanol–water partition coefficient (Wildman–Crippen LogP) is 1.05. The molecule has 0 fully saturated rings. The summed E-state index contributed by atoms with van der Waals surface area (Å²) in [5, 5.41) is 10.1. The van der Waals surface area contributed by atoms with Crippen molar-refractivity contribution in [2.75, 3.05) is 27.2 Å². The van der Waals surface area contributed by atoms with Crippen LogP contribution in [0, 0.1) is 5.41 Å². The van der Waals surface area contributed by atoms with Crippen molar-refractivity contribution < 1.29 is 9.59 Å². The molecule has 1 aliphatic rings. The highest BCUT2D eigenvalue weighted by atomic mass is 16.2. The molecular formula is C21H33N7O2. The summed E-state index contributed by atoms with van der Waals surface area (Å²) >= 11 is 0. The van der Waals surface area contributed by atoms with Crippen LogP contribution < -0.4 is 10.6 Å². The molecule has 0 radical (unpaired) electrons. The SMILES string of the molecule is CNCC(=O)C(NC(=O)c1nc(-c2cnn(C)c2)n2c1CN(C)CCC2)C(C)(C)C. The van der Waals surface area contributed by atoms with Gasteiger partial charge < -0.3 is 20.1 Å². The Kier molecular flexibility index (Phi) is 6.42. The first-order chi connectivity index (χ1) is 14.1. The molecule has 0 bridgehead atoms. The van der Waals surface area contributed by atoms with Gasteiger partial charge in [0, 0.05) is 26.3 Å². The molecule has 9 nitrogen and oxygen atoms in total. The number of hydrogen-bond donors (Lipinski definition) is 2. The van der Waals surface area contributed by atoms with Gasteiger partial charge in [0.25, 0.3) is 5.91 Å². The van der Waals surface area contributed by atoms with Crippen LogP contribution in [-0.2, 0) is 24.9 Å². The van der Waals surface area contributed by atoms with Crippen LogP contribution in [0.3, 0.4) is 0 Å². The minimum Gasteiger partial charge on any atom is -0.340 e. The molecule has 2 aromatic rings. The minimum atomic E-state index is -0.611. The number of hydrogen-bond acceptors (Lipinski definition) is 6. The van der Waals surface area contributed by atoms with Crippen LogP contribution in [0.5, 0.6) is 0 Å². The van der Waals surface area contributed by atoms with E-state index in [1.165, 1.54) is 0 Å². The number of rotatable bonds is 6. The molecule has 30 heavy (non-hydrogen) atoms. The first-order valence-electron chi connectivity index (χ1n) is 10.4. The minimum absolute atomic E-state index is 0.0479. The molecule has 9 heteroatoms. The van der Waals surface area contributed by atoms with Gasteiger partial charge in [-0.1, -0.05) is 20.8 Å². The fraction of sp³-hybridized carbons (Fsp3) is 0.619. The lowest BCUT2D eigenvalue weighted by Crippen LogP contribution is -2.51. The van der Waals surface area contributed by atoms with Gasteiger partial charge in [0.15, 0.2) is 11.5 Å². The van der Waals surface area contributed by atoms with Crippen LogP contribution in [0.2, 0.25) is 0 Å². The number of ketones is 1. The fourth-order valence-corrected chi connectivity index (χ4v) is 3.92.